The molecule has 1 amide bonds. The number of carbonyl (C=O) groups is 1. The van der Waals surface area contributed by atoms with Crippen molar-refractivity contribution in [2.45, 2.75) is 31.8 Å². The number of amides is 1. The van der Waals surface area contributed by atoms with Gasteiger partial charge in [0.1, 0.15) is 5.75 Å². The standard InChI is InChI=1S/C14H19ClN2O2/c1-10-13(6-3-7-16-10)17-14(18)9-19-12-5-2-4-11(15)8-12/h2,4-5,8,10,13,16H,3,6-7,9H2,1H3,(H,17,18). The summed E-state index contributed by atoms with van der Waals surface area (Å²) in [4.78, 5) is 11.8. The van der Waals surface area contributed by atoms with Crippen molar-refractivity contribution < 1.29 is 9.53 Å². The summed E-state index contributed by atoms with van der Waals surface area (Å²) in [6, 6.07) is 7.53. The maximum Gasteiger partial charge on any atom is 0.258 e. The van der Waals surface area contributed by atoms with Crippen LogP contribution in [0.2, 0.25) is 5.02 Å². The van der Waals surface area contributed by atoms with Gasteiger partial charge in [0.25, 0.3) is 5.91 Å². The molecular weight excluding hydrogens is 264 g/mol. The van der Waals surface area contributed by atoms with Gasteiger partial charge in [-0.3, -0.25) is 4.79 Å². The maximum absolute atomic E-state index is 11.8. The van der Waals surface area contributed by atoms with E-state index in [-0.39, 0.29) is 18.6 Å². The molecule has 1 aromatic carbocycles. The molecule has 2 unspecified atom stereocenters. The third kappa shape index (κ3) is 4.40. The molecule has 2 rings (SSSR count). The first-order chi connectivity index (χ1) is 9.15. The Bertz CT molecular complexity index is 439. The minimum Gasteiger partial charge on any atom is -0.484 e. The average molecular weight is 283 g/mol. The van der Waals surface area contributed by atoms with Gasteiger partial charge in [0.15, 0.2) is 6.61 Å². The molecule has 0 radical (unpaired) electrons. The van der Waals surface area contributed by atoms with Crippen LogP contribution in [0.4, 0.5) is 0 Å². The van der Waals surface area contributed by atoms with Crippen molar-refractivity contribution in [3.05, 3.63) is 29.3 Å². The van der Waals surface area contributed by atoms with Gasteiger partial charge >= 0.3 is 0 Å². The zero-order chi connectivity index (χ0) is 13.7. The van der Waals surface area contributed by atoms with Crippen LogP contribution in [-0.2, 0) is 4.79 Å². The Hall–Kier alpha value is -1.26. The summed E-state index contributed by atoms with van der Waals surface area (Å²) < 4.78 is 5.41. The summed E-state index contributed by atoms with van der Waals surface area (Å²) in [7, 11) is 0. The molecule has 1 heterocycles. The highest BCUT2D eigenvalue weighted by atomic mass is 35.5. The molecule has 5 heteroatoms. The molecule has 1 aliphatic heterocycles. The summed E-state index contributed by atoms with van der Waals surface area (Å²) >= 11 is 5.85. The van der Waals surface area contributed by atoms with Crippen molar-refractivity contribution in [1.82, 2.24) is 10.6 Å². The highest BCUT2D eigenvalue weighted by Crippen LogP contribution is 2.17. The molecule has 4 nitrogen and oxygen atoms in total. The predicted octanol–water partition coefficient (Wildman–Crippen LogP) is 1.98. The molecule has 104 valence electrons. The minimum atomic E-state index is -0.0967. The molecule has 1 aromatic rings. The third-order valence-corrected chi connectivity index (χ3v) is 3.51. The van der Waals surface area contributed by atoms with Crippen molar-refractivity contribution in [3.63, 3.8) is 0 Å². The molecule has 0 aromatic heterocycles. The molecule has 1 saturated heterocycles. The SMILES string of the molecule is CC1NCCCC1NC(=O)COc1cccc(Cl)c1. The predicted molar refractivity (Wildman–Crippen MR) is 75.6 cm³/mol. The van der Waals surface area contributed by atoms with E-state index in [4.69, 9.17) is 16.3 Å². The smallest absolute Gasteiger partial charge is 0.258 e. The Kier molecular flexibility index (Phi) is 5.05. The van der Waals surface area contributed by atoms with Gasteiger partial charge in [0, 0.05) is 17.1 Å². The third-order valence-electron chi connectivity index (χ3n) is 3.27. The number of nitrogens with one attached hydrogen (secondary N) is 2. The van der Waals surface area contributed by atoms with Gasteiger partial charge in [-0.25, -0.2) is 0 Å². The quantitative estimate of drug-likeness (QED) is 0.888. The van der Waals surface area contributed by atoms with E-state index in [0.717, 1.165) is 19.4 Å². The van der Waals surface area contributed by atoms with E-state index in [1.807, 2.05) is 0 Å². The summed E-state index contributed by atoms with van der Waals surface area (Å²) in [6.45, 7) is 3.12. The number of benzene rings is 1. The van der Waals surface area contributed by atoms with E-state index >= 15 is 0 Å². The number of hydrogen-bond donors (Lipinski definition) is 2. The van der Waals surface area contributed by atoms with Crippen LogP contribution in [-0.4, -0.2) is 31.1 Å². The summed E-state index contributed by atoms with van der Waals surface area (Å²) in [5.41, 5.74) is 0. The molecule has 0 aliphatic carbocycles. The molecule has 2 atom stereocenters. The zero-order valence-corrected chi connectivity index (χ0v) is 11.7. The monoisotopic (exact) mass is 282 g/mol. The molecule has 0 spiro atoms. The summed E-state index contributed by atoms with van der Waals surface area (Å²) in [6.07, 6.45) is 2.10. The first-order valence-electron chi connectivity index (χ1n) is 6.56. The zero-order valence-electron chi connectivity index (χ0n) is 11.0. The van der Waals surface area contributed by atoms with Crippen LogP contribution in [0.15, 0.2) is 24.3 Å². The van der Waals surface area contributed by atoms with E-state index < -0.39 is 0 Å². The molecule has 1 fully saturated rings. The molecule has 0 saturated carbocycles. The lowest BCUT2D eigenvalue weighted by molar-refractivity contribution is -0.124. The van der Waals surface area contributed by atoms with E-state index in [1.165, 1.54) is 0 Å². The van der Waals surface area contributed by atoms with Crippen molar-refractivity contribution >= 4 is 17.5 Å². The lowest BCUT2D eigenvalue weighted by Crippen LogP contribution is -2.52. The number of carbonyl (C=O) groups excluding carboxylic acids is 1. The second kappa shape index (κ2) is 6.78. The van der Waals surface area contributed by atoms with Crippen LogP contribution >= 0.6 is 11.6 Å². The first-order valence-corrected chi connectivity index (χ1v) is 6.94. The highest BCUT2D eigenvalue weighted by molar-refractivity contribution is 6.30. The van der Waals surface area contributed by atoms with Gasteiger partial charge in [-0.2, -0.15) is 0 Å². The Balaban J connectivity index is 1.78. The van der Waals surface area contributed by atoms with Gasteiger partial charge in [-0.05, 0) is 44.5 Å². The highest BCUT2D eigenvalue weighted by Gasteiger charge is 2.22. The van der Waals surface area contributed by atoms with Gasteiger partial charge in [-0.15, -0.1) is 0 Å². The van der Waals surface area contributed by atoms with Gasteiger partial charge in [-0.1, -0.05) is 17.7 Å². The van der Waals surface area contributed by atoms with Crippen LogP contribution in [0.5, 0.6) is 5.75 Å². The van der Waals surface area contributed by atoms with Crippen LogP contribution in [0.25, 0.3) is 0 Å². The number of ether oxygens (including phenoxy) is 1. The Labute approximate surface area is 118 Å². The van der Waals surface area contributed by atoms with Crippen molar-refractivity contribution in [1.29, 1.82) is 0 Å². The van der Waals surface area contributed by atoms with E-state index in [0.29, 0.717) is 16.8 Å². The van der Waals surface area contributed by atoms with Gasteiger partial charge in [0.05, 0.1) is 0 Å². The number of rotatable bonds is 4. The van der Waals surface area contributed by atoms with Crippen LogP contribution in [0.1, 0.15) is 19.8 Å². The second-order valence-corrected chi connectivity index (χ2v) is 5.24. The Morgan fingerprint density at radius 2 is 2.42 bits per heavy atom. The largest absolute Gasteiger partial charge is 0.484 e. The lowest BCUT2D eigenvalue weighted by atomic mass is 10.00. The van der Waals surface area contributed by atoms with Crippen LogP contribution < -0.4 is 15.4 Å². The number of piperidine rings is 1. The Morgan fingerprint density at radius 1 is 1.58 bits per heavy atom. The average Bonchev–Trinajstić information content (AvgIpc) is 2.39. The van der Waals surface area contributed by atoms with Gasteiger partial charge < -0.3 is 15.4 Å². The minimum absolute atomic E-state index is 0.0174. The Morgan fingerprint density at radius 3 is 3.16 bits per heavy atom. The molecule has 2 N–H and O–H groups in total. The fourth-order valence-corrected chi connectivity index (χ4v) is 2.38. The normalized spacial score (nSPS) is 22.8. The van der Waals surface area contributed by atoms with Crippen LogP contribution in [0.3, 0.4) is 0 Å². The maximum atomic E-state index is 11.8. The molecule has 19 heavy (non-hydrogen) atoms. The van der Waals surface area contributed by atoms with Crippen LogP contribution in [0, 0.1) is 0 Å². The molecule has 1 aliphatic rings. The fourth-order valence-electron chi connectivity index (χ4n) is 2.20. The van der Waals surface area contributed by atoms with E-state index in [9.17, 15) is 4.79 Å². The van der Waals surface area contributed by atoms with Gasteiger partial charge in [0.2, 0.25) is 0 Å². The van der Waals surface area contributed by atoms with Crippen molar-refractivity contribution in [3.8, 4) is 5.75 Å². The summed E-state index contributed by atoms with van der Waals surface area (Å²) in [5.74, 6) is 0.512. The van der Waals surface area contributed by atoms with Crippen molar-refractivity contribution in [2.75, 3.05) is 13.2 Å². The number of halogens is 1. The van der Waals surface area contributed by atoms with E-state index in [2.05, 4.69) is 17.6 Å². The molecule has 0 bridgehead atoms. The number of hydrogen-bond acceptors (Lipinski definition) is 3. The lowest BCUT2D eigenvalue weighted by Gasteiger charge is -2.30. The molecular formula is C14H19ClN2O2. The van der Waals surface area contributed by atoms with Crippen molar-refractivity contribution in [2.24, 2.45) is 0 Å². The second-order valence-electron chi connectivity index (χ2n) is 4.81. The fraction of sp³-hybridized carbons (Fsp3) is 0.500. The topological polar surface area (TPSA) is 50.4 Å². The summed E-state index contributed by atoms with van der Waals surface area (Å²) in [5, 5.41) is 6.94. The van der Waals surface area contributed by atoms with E-state index in [1.54, 1.807) is 24.3 Å². The first kappa shape index (κ1) is 14.2.